The number of fused-ring (bicyclic) bond motifs is 1. The molecular weight excluding hydrogens is 363 g/mol. The van der Waals surface area contributed by atoms with Gasteiger partial charge in [0.1, 0.15) is 5.75 Å². The molecule has 0 saturated heterocycles. The Kier molecular flexibility index (Phi) is 5.04. The Morgan fingerprint density at radius 2 is 1.64 bits per heavy atom. The monoisotopic (exact) mass is 390 g/mol. The standard InChI is InChI=1S/C25H27O2P/c1-4-25(28-23-13-9-8-12-20(23)24(2,3)26)21-17-19(14-15-22(21)27-25)16-18-10-6-5-7-11-18/h5-15,17,26,28H,4,16H2,1-3H3. The summed E-state index contributed by atoms with van der Waals surface area (Å²) in [5, 5.41) is 11.5. The van der Waals surface area contributed by atoms with Crippen LogP contribution in [0.4, 0.5) is 0 Å². The summed E-state index contributed by atoms with van der Waals surface area (Å²) in [5.41, 5.74) is 4.05. The van der Waals surface area contributed by atoms with Gasteiger partial charge in [-0.25, -0.2) is 0 Å². The van der Waals surface area contributed by atoms with Gasteiger partial charge in [-0.15, -0.1) is 0 Å². The number of benzene rings is 3. The Labute approximate surface area is 169 Å². The molecule has 1 aliphatic rings. The van der Waals surface area contributed by atoms with Crippen LogP contribution in [-0.2, 0) is 17.4 Å². The molecule has 2 atom stereocenters. The molecule has 28 heavy (non-hydrogen) atoms. The SMILES string of the molecule is CCC1(Pc2ccccc2C(C)(C)O)Oc2ccc(Cc3ccccc3)cc21. The first-order chi connectivity index (χ1) is 13.4. The van der Waals surface area contributed by atoms with Crippen molar-refractivity contribution < 1.29 is 9.84 Å². The molecular formula is C25H27O2P. The molecule has 2 unspecified atom stereocenters. The van der Waals surface area contributed by atoms with Crippen molar-refractivity contribution in [1.82, 2.24) is 0 Å². The Morgan fingerprint density at radius 3 is 2.36 bits per heavy atom. The van der Waals surface area contributed by atoms with Gasteiger partial charge < -0.3 is 9.84 Å². The minimum Gasteiger partial charge on any atom is -0.478 e. The van der Waals surface area contributed by atoms with E-state index in [2.05, 4.69) is 61.5 Å². The van der Waals surface area contributed by atoms with Gasteiger partial charge in [-0.3, -0.25) is 0 Å². The maximum atomic E-state index is 10.6. The van der Waals surface area contributed by atoms with E-state index in [0.29, 0.717) is 8.58 Å². The molecule has 0 amide bonds. The summed E-state index contributed by atoms with van der Waals surface area (Å²) in [6.07, 6.45) is 1.84. The fourth-order valence-electron chi connectivity index (χ4n) is 3.91. The second-order valence-corrected chi connectivity index (χ2v) is 9.60. The fraction of sp³-hybridized carbons (Fsp3) is 0.280. The molecule has 0 fully saturated rings. The zero-order chi connectivity index (χ0) is 19.8. The minimum atomic E-state index is -0.861. The molecule has 4 rings (SSSR count). The predicted molar refractivity (Wildman–Crippen MR) is 118 cm³/mol. The van der Waals surface area contributed by atoms with Gasteiger partial charge in [0.2, 0.25) is 0 Å². The second-order valence-electron chi connectivity index (χ2n) is 8.01. The lowest BCUT2D eigenvalue weighted by Crippen LogP contribution is -2.39. The Morgan fingerprint density at radius 1 is 0.929 bits per heavy atom. The average Bonchev–Trinajstić information content (AvgIpc) is 2.67. The van der Waals surface area contributed by atoms with Crippen LogP contribution in [0.15, 0.2) is 72.8 Å². The molecule has 2 nitrogen and oxygen atoms in total. The fourth-order valence-corrected chi connectivity index (χ4v) is 5.71. The average molecular weight is 390 g/mol. The van der Waals surface area contributed by atoms with Gasteiger partial charge in [-0.05, 0) is 69.4 Å². The first kappa shape index (κ1) is 19.2. The van der Waals surface area contributed by atoms with E-state index in [9.17, 15) is 5.11 Å². The van der Waals surface area contributed by atoms with Crippen LogP contribution in [-0.4, -0.2) is 5.11 Å². The molecule has 3 aromatic carbocycles. The Balaban J connectivity index is 1.65. The molecule has 0 radical (unpaired) electrons. The highest BCUT2D eigenvalue weighted by molar-refractivity contribution is 7.48. The predicted octanol–water partition coefficient (Wildman–Crippen LogP) is 5.46. The zero-order valence-electron chi connectivity index (χ0n) is 16.7. The summed E-state index contributed by atoms with van der Waals surface area (Å²) in [7, 11) is 0.457. The van der Waals surface area contributed by atoms with Crippen LogP contribution < -0.4 is 10.0 Å². The third-order valence-electron chi connectivity index (χ3n) is 5.43. The van der Waals surface area contributed by atoms with Crippen molar-refractivity contribution in [3.8, 4) is 5.75 Å². The van der Waals surface area contributed by atoms with E-state index < -0.39 is 5.60 Å². The van der Waals surface area contributed by atoms with Crippen LogP contribution in [0.25, 0.3) is 0 Å². The topological polar surface area (TPSA) is 29.5 Å². The highest BCUT2D eigenvalue weighted by Crippen LogP contribution is 2.56. The van der Waals surface area contributed by atoms with Gasteiger partial charge in [0.25, 0.3) is 0 Å². The summed E-state index contributed by atoms with van der Waals surface area (Å²) in [6, 6.07) is 25.3. The molecule has 1 N–H and O–H groups in total. The van der Waals surface area contributed by atoms with Crippen molar-refractivity contribution in [2.45, 2.75) is 44.6 Å². The van der Waals surface area contributed by atoms with E-state index >= 15 is 0 Å². The largest absolute Gasteiger partial charge is 0.478 e. The first-order valence-corrected chi connectivity index (χ1v) is 10.9. The minimum absolute atomic E-state index is 0.288. The molecule has 0 aromatic heterocycles. The van der Waals surface area contributed by atoms with Crippen LogP contribution in [0.3, 0.4) is 0 Å². The molecule has 1 heterocycles. The summed E-state index contributed by atoms with van der Waals surface area (Å²) >= 11 is 0. The van der Waals surface area contributed by atoms with E-state index in [1.54, 1.807) is 0 Å². The van der Waals surface area contributed by atoms with Crippen LogP contribution in [0.5, 0.6) is 5.75 Å². The summed E-state index contributed by atoms with van der Waals surface area (Å²) in [6.45, 7) is 5.89. The van der Waals surface area contributed by atoms with E-state index in [4.69, 9.17) is 4.74 Å². The van der Waals surface area contributed by atoms with Crippen molar-refractivity contribution in [3.05, 3.63) is 95.1 Å². The molecule has 0 spiro atoms. The second kappa shape index (κ2) is 7.35. The van der Waals surface area contributed by atoms with Crippen molar-refractivity contribution in [2.24, 2.45) is 0 Å². The summed E-state index contributed by atoms with van der Waals surface area (Å²) in [5.74, 6) is 0.993. The molecule has 3 heteroatoms. The van der Waals surface area contributed by atoms with Gasteiger partial charge >= 0.3 is 0 Å². The van der Waals surface area contributed by atoms with E-state index in [1.165, 1.54) is 22.0 Å². The van der Waals surface area contributed by atoms with E-state index in [-0.39, 0.29) is 5.34 Å². The third-order valence-corrected chi connectivity index (χ3v) is 7.27. The van der Waals surface area contributed by atoms with E-state index in [0.717, 1.165) is 24.2 Å². The van der Waals surface area contributed by atoms with Gasteiger partial charge in [-0.1, -0.05) is 67.6 Å². The van der Waals surface area contributed by atoms with Crippen LogP contribution >= 0.6 is 8.58 Å². The smallest absolute Gasteiger partial charge is 0.156 e. The molecule has 144 valence electrons. The number of rotatable bonds is 6. The third kappa shape index (κ3) is 3.60. The number of hydrogen-bond donors (Lipinski definition) is 1. The highest BCUT2D eigenvalue weighted by atomic mass is 31.1. The Hall–Kier alpha value is -2.15. The summed E-state index contributed by atoms with van der Waals surface area (Å²) < 4.78 is 6.33. The van der Waals surface area contributed by atoms with Crippen molar-refractivity contribution in [3.63, 3.8) is 0 Å². The molecule has 0 bridgehead atoms. The van der Waals surface area contributed by atoms with E-state index in [1.807, 2.05) is 32.0 Å². The molecule has 0 aliphatic carbocycles. The lowest BCUT2D eigenvalue weighted by molar-refractivity contribution is 0.0793. The maximum absolute atomic E-state index is 10.6. The van der Waals surface area contributed by atoms with Gasteiger partial charge in [0, 0.05) is 5.56 Å². The van der Waals surface area contributed by atoms with Gasteiger partial charge in [0.15, 0.2) is 5.34 Å². The molecule has 0 saturated carbocycles. The number of ether oxygens (including phenoxy) is 1. The Bertz CT molecular complexity index is 975. The number of aliphatic hydroxyl groups is 1. The highest BCUT2D eigenvalue weighted by Gasteiger charge is 2.44. The van der Waals surface area contributed by atoms with Crippen LogP contribution in [0.2, 0.25) is 0 Å². The summed E-state index contributed by atoms with van der Waals surface area (Å²) in [4.78, 5) is 0. The lowest BCUT2D eigenvalue weighted by atomic mass is 9.95. The van der Waals surface area contributed by atoms with Crippen molar-refractivity contribution in [2.75, 3.05) is 0 Å². The van der Waals surface area contributed by atoms with Crippen molar-refractivity contribution >= 4 is 13.9 Å². The zero-order valence-corrected chi connectivity index (χ0v) is 17.7. The van der Waals surface area contributed by atoms with Gasteiger partial charge in [-0.2, -0.15) is 0 Å². The quantitative estimate of drug-likeness (QED) is 0.566. The first-order valence-electron chi connectivity index (χ1n) is 9.88. The maximum Gasteiger partial charge on any atom is 0.156 e. The van der Waals surface area contributed by atoms with Gasteiger partial charge in [0.05, 0.1) is 5.60 Å². The lowest BCUT2D eigenvalue weighted by Gasteiger charge is -2.44. The molecule has 1 aliphatic heterocycles. The normalized spacial score (nSPS) is 18.6. The van der Waals surface area contributed by atoms with Crippen LogP contribution in [0, 0.1) is 0 Å². The van der Waals surface area contributed by atoms with Crippen LogP contribution in [0.1, 0.15) is 49.4 Å². The number of hydrogen-bond acceptors (Lipinski definition) is 2. The molecule has 3 aromatic rings. The van der Waals surface area contributed by atoms with Crippen molar-refractivity contribution in [1.29, 1.82) is 0 Å².